The summed E-state index contributed by atoms with van der Waals surface area (Å²) >= 11 is 0. The molecule has 0 bridgehead atoms. The third-order valence-corrected chi connectivity index (χ3v) is 3.21. The monoisotopic (exact) mass is 258 g/mol. The maximum atomic E-state index is 12.3. The van der Waals surface area contributed by atoms with Gasteiger partial charge < -0.3 is 20.0 Å². The van der Waals surface area contributed by atoms with Crippen molar-refractivity contribution in [3.8, 4) is 0 Å². The van der Waals surface area contributed by atoms with E-state index < -0.39 is 12.0 Å². The number of rotatable bonds is 5. The number of nitrogens with zero attached hydrogens (tertiary/aromatic N) is 2. The highest BCUT2D eigenvalue weighted by atomic mass is 16.4. The minimum absolute atomic E-state index is 0.000838. The Morgan fingerprint density at radius 2 is 2.11 bits per heavy atom. The third kappa shape index (κ3) is 3.35. The molecule has 1 atom stereocenters. The number of carbonyl (C=O) groups is 2. The zero-order chi connectivity index (χ0) is 13.7. The first-order chi connectivity index (χ1) is 8.49. The molecular formula is C12H22N2O4. The zero-order valence-electron chi connectivity index (χ0n) is 11.0. The lowest BCUT2D eigenvalue weighted by Crippen LogP contribution is -2.50. The van der Waals surface area contributed by atoms with Gasteiger partial charge in [0.15, 0.2) is 0 Å². The highest BCUT2D eigenvalue weighted by Crippen LogP contribution is 2.20. The fraction of sp³-hybridized carbons (Fsp3) is 0.833. The first-order valence-corrected chi connectivity index (χ1v) is 6.40. The molecule has 0 spiro atoms. The lowest BCUT2D eigenvalue weighted by Gasteiger charge is -2.33. The minimum atomic E-state index is -0.938. The van der Waals surface area contributed by atoms with E-state index in [0.717, 1.165) is 6.42 Å². The fourth-order valence-electron chi connectivity index (χ4n) is 2.23. The van der Waals surface area contributed by atoms with E-state index in [1.807, 2.05) is 13.8 Å². The number of hydrogen-bond donors (Lipinski definition) is 2. The molecule has 0 aromatic carbocycles. The molecule has 1 aliphatic rings. The predicted molar refractivity (Wildman–Crippen MR) is 66.3 cm³/mol. The molecule has 6 heteroatoms. The standard InChI is InChI=1S/C12H22N2O4/c1-9(2)13(7-4-8-15)12(18)14-6-3-5-10(14)11(16)17/h9-10,15H,3-8H2,1-2H3,(H,16,17). The van der Waals surface area contributed by atoms with Crippen LogP contribution in [0.2, 0.25) is 0 Å². The second-order valence-electron chi connectivity index (χ2n) is 4.84. The molecule has 1 heterocycles. The molecule has 0 aromatic rings. The smallest absolute Gasteiger partial charge is 0.326 e. The maximum absolute atomic E-state index is 12.3. The van der Waals surface area contributed by atoms with Crippen molar-refractivity contribution in [1.82, 2.24) is 9.80 Å². The molecule has 18 heavy (non-hydrogen) atoms. The number of aliphatic hydroxyl groups is 1. The van der Waals surface area contributed by atoms with Crippen LogP contribution in [0.3, 0.4) is 0 Å². The number of aliphatic carboxylic acids is 1. The van der Waals surface area contributed by atoms with Gasteiger partial charge in [-0.25, -0.2) is 9.59 Å². The van der Waals surface area contributed by atoms with Crippen LogP contribution in [-0.2, 0) is 4.79 Å². The first-order valence-electron chi connectivity index (χ1n) is 6.40. The Labute approximate surface area is 107 Å². The van der Waals surface area contributed by atoms with Crippen molar-refractivity contribution in [2.24, 2.45) is 0 Å². The summed E-state index contributed by atoms with van der Waals surface area (Å²) in [6.45, 7) is 4.76. The quantitative estimate of drug-likeness (QED) is 0.762. The van der Waals surface area contributed by atoms with Crippen molar-refractivity contribution in [1.29, 1.82) is 0 Å². The van der Waals surface area contributed by atoms with Crippen LogP contribution in [0.15, 0.2) is 0 Å². The summed E-state index contributed by atoms with van der Waals surface area (Å²) in [5, 5.41) is 17.9. The van der Waals surface area contributed by atoms with Crippen molar-refractivity contribution >= 4 is 12.0 Å². The largest absolute Gasteiger partial charge is 0.480 e. The normalized spacial score (nSPS) is 19.3. The van der Waals surface area contributed by atoms with Crippen molar-refractivity contribution in [3.05, 3.63) is 0 Å². The highest BCUT2D eigenvalue weighted by Gasteiger charge is 2.36. The van der Waals surface area contributed by atoms with Gasteiger partial charge in [-0.15, -0.1) is 0 Å². The molecule has 1 fully saturated rings. The predicted octanol–water partition coefficient (Wildman–Crippen LogP) is 0.748. The van der Waals surface area contributed by atoms with E-state index in [9.17, 15) is 9.59 Å². The van der Waals surface area contributed by atoms with Gasteiger partial charge in [-0.1, -0.05) is 0 Å². The second kappa shape index (κ2) is 6.58. The van der Waals surface area contributed by atoms with Gasteiger partial charge in [0.1, 0.15) is 6.04 Å². The number of carboxylic acid groups (broad SMARTS) is 1. The summed E-state index contributed by atoms with van der Waals surface area (Å²) in [4.78, 5) is 26.4. The number of hydrogen-bond acceptors (Lipinski definition) is 3. The number of carbonyl (C=O) groups excluding carboxylic acids is 1. The van der Waals surface area contributed by atoms with Gasteiger partial charge in [0.25, 0.3) is 0 Å². The van der Waals surface area contributed by atoms with Gasteiger partial charge in [-0.05, 0) is 33.1 Å². The Morgan fingerprint density at radius 1 is 1.44 bits per heavy atom. The molecule has 1 rings (SSSR count). The molecule has 1 aliphatic heterocycles. The molecule has 6 nitrogen and oxygen atoms in total. The summed E-state index contributed by atoms with van der Waals surface area (Å²) in [5.74, 6) is -0.938. The van der Waals surface area contributed by atoms with Crippen LogP contribution in [0.25, 0.3) is 0 Å². The Kier molecular flexibility index (Phi) is 5.40. The van der Waals surface area contributed by atoms with Crippen molar-refractivity contribution in [2.75, 3.05) is 19.7 Å². The molecule has 0 radical (unpaired) electrons. The van der Waals surface area contributed by atoms with Crippen LogP contribution in [0, 0.1) is 0 Å². The topological polar surface area (TPSA) is 81.1 Å². The van der Waals surface area contributed by atoms with Gasteiger partial charge in [0, 0.05) is 25.7 Å². The fourth-order valence-corrected chi connectivity index (χ4v) is 2.23. The van der Waals surface area contributed by atoms with Crippen molar-refractivity contribution in [2.45, 2.75) is 45.2 Å². The Morgan fingerprint density at radius 3 is 2.61 bits per heavy atom. The average molecular weight is 258 g/mol. The molecule has 2 N–H and O–H groups in total. The van der Waals surface area contributed by atoms with Crippen LogP contribution in [-0.4, -0.2) is 63.8 Å². The number of urea groups is 1. The number of carboxylic acids is 1. The van der Waals surface area contributed by atoms with E-state index in [4.69, 9.17) is 10.2 Å². The molecule has 104 valence electrons. The molecule has 0 aliphatic carbocycles. The number of aliphatic hydroxyl groups excluding tert-OH is 1. The van der Waals surface area contributed by atoms with E-state index >= 15 is 0 Å². The van der Waals surface area contributed by atoms with Crippen LogP contribution in [0.1, 0.15) is 33.1 Å². The molecular weight excluding hydrogens is 236 g/mol. The van der Waals surface area contributed by atoms with E-state index in [1.54, 1.807) is 4.90 Å². The molecule has 1 saturated heterocycles. The van der Waals surface area contributed by atoms with Gasteiger partial charge >= 0.3 is 12.0 Å². The van der Waals surface area contributed by atoms with Crippen molar-refractivity contribution < 1.29 is 19.8 Å². The number of amides is 2. The van der Waals surface area contributed by atoms with E-state index in [2.05, 4.69) is 0 Å². The van der Waals surface area contributed by atoms with Crippen LogP contribution in [0.5, 0.6) is 0 Å². The average Bonchev–Trinajstić information content (AvgIpc) is 2.77. The first kappa shape index (κ1) is 14.8. The number of likely N-dealkylation sites (tertiary alicyclic amines) is 1. The maximum Gasteiger partial charge on any atom is 0.326 e. The summed E-state index contributed by atoms with van der Waals surface area (Å²) in [7, 11) is 0. The minimum Gasteiger partial charge on any atom is -0.480 e. The van der Waals surface area contributed by atoms with Crippen LogP contribution >= 0.6 is 0 Å². The zero-order valence-corrected chi connectivity index (χ0v) is 11.0. The lowest BCUT2D eigenvalue weighted by molar-refractivity contribution is -0.141. The molecule has 0 saturated carbocycles. The van der Waals surface area contributed by atoms with Gasteiger partial charge in [0.05, 0.1) is 0 Å². The van der Waals surface area contributed by atoms with E-state index in [0.29, 0.717) is 25.9 Å². The molecule has 1 unspecified atom stereocenters. The van der Waals surface area contributed by atoms with Crippen LogP contribution < -0.4 is 0 Å². The Balaban J connectivity index is 2.72. The SMILES string of the molecule is CC(C)N(CCCO)C(=O)N1CCCC1C(=O)O. The molecule has 2 amide bonds. The van der Waals surface area contributed by atoms with Crippen molar-refractivity contribution in [3.63, 3.8) is 0 Å². The summed E-state index contributed by atoms with van der Waals surface area (Å²) in [6.07, 6.45) is 1.76. The van der Waals surface area contributed by atoms with Crippen LogP contribution in [0.4, 0.5) is 4.79 Å². The summed E-state index contributed by atoms with van der Waals surface area (Å²) < 4.78 is 0. The summed E-state index contributed by atoms with van der Waals surface area (Å²) in [5.41, 5.74) is 0. The third-order valence-electron chi connectivity index (χ3n) is 3.21. The van der Waals surface area contributed by atoms with Gasteiger partial charge in [0.2, 0.25) is 0 Å². The second-order valence-corrected chi connectivity index (χ2v) is 4.84. The van der Waals surface area contributed by atoms with E-state index in [-0.39, 0.29) is 18.7 Å². The highest BCUT2D eigenvalue weighted by molar-refractivity contribution is 5.83. The van der Waals surface area contributed by atoms with Gasteiger partial charge in [-0.3, -0.25) is 0 Å². The summed E-state index contributed by atoms with van der Waals surface area (Å²) in [6, 6.07) is -0.935. The Bertz CT molecular complexity index is 306. The van der Waals surface area contributed by atoms with E-state index in [1.165, 1.54) is 4.90 Å². The van der Waals surface area contributed by atoms with Gasteiger partial charge in [-0.2, -0.15) is 0 Å². The lowest BCUT2D eigenvalue weighted by atomic mass is 10.2. The Hall–Kier alpha value is -1.30. The molecule has 0 aromatic heterocycles.